The third kappa shape index (κ3) is 4.86. The fourth-order valence-electron chi connectivity index (χ4n) is 6.07. The predicted molar refractivity (Wildman–Crippen MR) is 129 cm³/mol. The van der Waals surface area contributed by atoms with Crippen LogP contribution in [0.25, 0.3) is 0 Å². The zero-order chi connectivity index (χ0) is 23.7. The molecule has 0 radical (unpaired) electrons. The van der Waals surface area contributed by atoms with E-state index in [0.717, 1.165) is 61.6 Å². The Morgan fingerprint density at radius 3 is 2.71 bits per heavy atom. The van der Waals surface area contributed by atoms with Crippen LogP contribution in [0.1, 0.15) is 73.7 Å². The summed E-state index contributed by atoms with van der Waals surface area (Å²) < 4.78 is 11.9. The Hall–Kier alpha value is -2.38. The summed E-state index contributed by atoms with van der Waals surface area (Å²) in [5.74, 6) is 1.33. The van der Waals surface area contributed by atoms with Crippen molar-refractivity contribution in [1.82, 2.24) is 15.5 Å². The predicted octanol–water partition coefficient (Wildman–Crippen LogP) is 3.53. The SMILES string of the molecule is C=C1CCC(N2Cc3cc(OC4CCCC4NCC4CCC(OC)CC4)ccc3C2=O)C(=O)N1. The second kappa shape index (κ2) is 10.1. The molecule has 3 atom stereocenters. The lowest BCUT2D eigenvalue weighted by molar-refractivity contribution is -0.126. The third-order valence-electron chi connectivity index (χ3n) is 8.14. The number of nitrogens with zero attached hydrogens (tertiary/aromatic N) is 1. The Morgan fingerprint density at radius 1 is 1.12 bits per heavy atom. The van der Waals surface area contributed by atoms with Crippen molar-refractivity contribution in [3.8, 4) is 5.75 Å². The molecule has 2 amide bonds. The topological polar surface area (TPSA) is 79.9 Å². The first-order valence-electron chi connectivity index (χ1n) is 12.9. The van der Waals surface area contributed by atoms with Gasteiger partial charge in [-0.2, -0.15) is 0 Å². The van der Waals surface area contributed by atoms with Crippen LogP contribution >= 0.6 is 0 Å². The van der Waals surface area contributed by atoms with Gasteiger partial charge in [0.2, 0.25) is 5.91 Å². The number of methoxy groups -OCH3 is 1. The van der Waals surface area contributed by atoms with E-state index in [1.54, 1.807) is 4.90 Å². The van der Waals surface area contributed by atoms with Gasteiger partial charge in [0.05, 0.1) is 6.10 Å². The standard InChI is InChI=1S/C27H37N3O4/c1-17-6-13-24(26(31)29-17)30-16-19-14-21(11-12-22(19)27(30)32)34-25-5-3-4-23(25)28-15-18-7-9-20(33-2)10-8-18/h11-12,14,18,20,23-25,28H,1,3-10,13,15-16H2,2H3,(H,29,31). The van der Waals surface area contributed by atoms with Crippen molar-refractivity contribution in [2.75, 3.05) is 13.7 Å². The summed E-state index contributed by atoms with van der Waals surface area (Å²) in [6.07, 6.45) is 10.0. The first-order valence-corrected chi connectivity index (χ1v) is 12.9. The smallest absolute Gasteiger partial charge is 0.255 e. The Balaban J connectivity index is 1.17. The fourth-order valence-corrected chi connectivity index (χ4v) is 6.07. The lowest BCUT2D eigenvalue weighted by atomic mass is 9.87. The molecule has 1 aromatic carbocycles. The molecule has 7 heteroatoms. The molecule has 1 aromatic rings. The minimum Gasteiger partial charge on any atom is -0.489 e. The van der Waals surface area contributed by atoms with Crippen LogP contribution in [0.5, 0.6) is 5.75 Å². The van der Waals surface area contributed by atoms with Crippen molar-refractivity contribution in [2.24, 2.45) is 5.92 Å². The Labute approximate surface area is 202 Å². The number of amides is 2. The molecular formula is C27H37N3O4. The van der Waals surface area contributed by atoms with E-state index in [2.05, 4.69) is 17.2 Å². The third-order valence-corrected chi connectivity index (χ3v) is 8.14. The van der Waals surface area contributed by atoms with Crippen LogP contribution in [0.15, 0.2) is 30.5 Å². The molecule has 34 heavy (non-hydrogen) atoms. The van der Waals surface area contributed by atoms with Gasteiger partial charge in [0.25, 0.3) is 5.91 Å². The first kappa shape index (κ1) is 23.4. The molecule has 2 aliphatic carbocycles. The molecule has 184 valence electrons. The minimum atomic E-state index is -0.433. The van der Waals surface area contributed by atoms with Gasteiger partial charge in [0.15, 0.2) is 0 Å². The van der Waals surface area contributed by atoms with Crippen LogP contribution < -0.4 is 15.4 Å². The van der Waals surface area contributed by atoms with E-state index in [4.69, 9.17) is 9.47 Å². The molecule has 3 fully saturated rings. The van der Waals surface area contributed by atoms with Crippen LogP contribution in [0.2, 0.25) is 0 Å². The summed E-state index contributed by atoms with van der Waals surface area (Å²) in [7, 11) is 1.82. The lowest BCUT2D eigenvalue weighted by Crippen LogP contribution is -2.49. The Kier molecular flexibility index (Phi) is 6.93. The van der Waals surface area contributed by atoms with Crippen molar-refractivity contribution in [3.05, 3.63) is 41.6 Å². The summed E-state index contributed by atoms with van der Waals surface area (Å²) in [5, 5.41) is 6.59. The van der Waals surface area contributed by atoms with Crippen LogP contribution in [-0.2, 0) is 16.1 Å². The van der Waals surface area contributed by atoms with Crippen molar-refractivity contribution < 1.29 is 19.1 Å². The quantitative estimate of drug-likeness (QED) is 0.641. The molecule has 3 unspecified atom stereocenters. The molecule has 2 saturated carbocycles. The fraction of sp³-hybridized carbons (Fsp3) is 0.630. The lowest BCUT2D eigenvalue weighted by Gasteiger charge is -2.30. The average molecular weight is 468 g/mol. The van der Waals surface area contributed by atoms with Gasteiger partial charge in [-0.3, -0.25) is 9.59 Å². The van der Waals surface area contributed by atoms with Gasteiger partial charge >= 0.3 is 0 Å². The number of hydrogen-bond donors (Lipinski definition) is 2. The number of rotatable bonds is 7. The van der Waals surface area contributed by atoms with E-state index >= 15 is 0 Å². The van der Waals surface area contributed by atoms with E-state index in [1.807, 2.05) is 25.3 Å². The number of ether oxygens (including phenoxy) is 2. The number of allylic oxidation sites excluding steroid dienone is 1. The van der Waals surface area contributed by atoms with Crippen LogP contribution in [-0.4, -0.2) is 54.7 Å². The van der Waals surface area contributed by atoms with E-state index < -0.39 is 6.04 Å². The molecule has 2 aliphatic heterocycles. The van der Waals surface area contributed by atoms with Gasteiger partial charge in [-0.1, -0.05) is 6.58 Å². The van der Waals surface area contributed by atoms with E-state index in [9.17, 15) is 9.59 Å². The van der Waals surface area contributed by atoms with Crippen molar-refractivity contribution in [1.29, 1.82) is 0 Å². The summed E-state index contributed by atoms with van der Waals surface area (Å²) in [6, 6.07) is 5.69. The number of fused-ring (bicyclic) bond motifs is 1. The molecule has 1 saturated heterocycles. The highest BCUT2D eigenvalue weighted by molar-refractivity contribution is 6.01. The summed E-state index contributed by atoms with van der Waals surface area (Å²) in [4.78, 5) is 27.1. The monoisotopic (exact) mass is 467 g/mol. The highest BCUT2D eigenvalue weighted by Gasteiger charge is 2.38. The average Bonchev–Trinajstić information content (AvgIpc) is 3.41. The maximum atomic E-state index is 13.0. The molecule has 4 aliphatic rings. The molecule has 5 rings (SSSR count). The van der Waals surface area contributed by atoms with Crippen molar-refractivity contribution >= 4 is 11.8 Å². The molecule has 0 bridgehead atoms. The summed E-state index contributed by atoms with van der Waals surface area (Å²) in [5.41, 5.74) is 2.35. The largest absolute Gasteiger partial charge is 0.489 e. The molecule has 2 N–H and O–H groups in total. The second-order valence-corrected chi connectivity index (χ2v) is 10.4. The summed E-state index contributed by atoms with van der Waals surface area (Å²) in [6.45, 7) is 5.33. The maximum Gasteiger partial charge on any atom is 0.255 e. The van der Waals surface area contributed by atoms with Gasteiger partial charge in [-0.15, -0.1) is 0 Å². The van der Waals surface area contributed by atoms with E-state index in [0.29, 0.717) is 37.1 Å². The molecule has 2 heterocycles. The van der Waals surface area contributed by atoms with E-state index in [1.165, 1.54) is 12.8 Å². The van der Waals surface area contributed by atoms with Gasteiger partial charge in [0, 0.05) is 31.0 Å². The maximum absolute atomic E-state index is 13.0. The summed E-state index contributed by atoms with van der Waals surface area (Å²) >= 11 is 0. The van der Waals surface area contributed by atoms with Crippen molar-refractivity contribution in [2.45, 2.75) is 88.6 Å². The van der Waals surface area contributed by atoms with Gasteiger partial charge in [0.1, 0.15) is 17.9 Å². The molecule has 0 aromatic heterocycles. The number of hydrogen-bond acceptors (Lipinski definition) is 5. The number of nitrogens with one attached hydrogen (secondary N) is 2. The second-order valence-electron chi connectivity index (χ2n) is 10.4. The van der Waals surface area contributed by atoms with Crippen LogP contribution in [0.3, 0.4) is 0 Å². The number of carbonyl (C=O) groups excluding carboxylic acids is 2. The van der Waals surface area contributed by atoms with Crippen LogP contribution in [0, 0.1) is 5.92 Å². The van der Waals surface area contributed by atoms with Crippen LogP contribution in [0.4, 0.5) is 0 Å². The highest BCUT2D eigenvalue weighted by atomic mass is 16.5. The molecule has 0 spiro atoms. The van der Waals surface area contributed by atoms with Gasteiger partial charge in [-0.05, 0) is 94.0 Å². The van der Waals surface area contributed by atoms with Gasteiger partial charge < -0.3 is 25.0 Å². The van der Waals surface area contributed by atoms with E-state index in [-0.39, 0.29) is 17.9 Å². The zero-order valence-corrected chi connectivity index (χ0v) is 20.2. The van der Waals surface area contributed by atoms with Crippen molar-refractivity contribution in [3.63, 3.8) is 0 Å². The molecule has 7 nitrogen and oxygen atoms in total. The number of carbonyl (C=O) groups is 2. The first-order chi connectivity index (χ1) is 16.5. The Morgan fingerprint density at radius 2 is 1.94 bits per heavy atom. The number of piperidine rings is 1. The normalized spacial score (nSPS) is 31.5. The minimum absolute atomic E-state index is 0.0715. The Bertz CT molecular complexity index is 940. The van der Waals surface area contributed by atoms with Gasteiger partial charge in [-0.25, -0.2) is 0 Å². The zero-order valence-electron chi connectivity index (χ0n) is 20.2. The highest BCUT2D eigenvalue weighted by Crippen LogP contribution is 2.33. The molecular weight excluding hydrogens is 430 g/mol. The number of benzene rings is 1.